The summed E-state index contributed by atoms with van der Waals surface area (Å²) in [5, 5.41) is 5.32. The van der Waals surface area contributed by atoms with Crippen LogP contribution in [-0.2, 0) is 6.54 Å². The van der Waals surface area contributed by atoms with E-state index in [9.17, 15) is 18.0 Å². The Hall–Kier alpha value is -1.99. The van der Waals surface area contributed by atoms with Crippen LogP contribution >= 0.6 is 0 Å². The summed E-state index contributed by atoms with van der Waals surface area (Å²) in [6.45, 7) is 2.59. The number of carbonyl (C=O) groups is 1. The van der Waals surface area contributed by atoms with E-state index in [2.05, 4.69) is 20.4 Å². The number of alkyl halides is 3. The number of pyridine rings is 1. The molecule has 0 aliphatic rings. The zero-order valence-corrected chi connectivity index (χ0v) is 11.8. The smallest absolute Gasteiger partial charge is 0.422 e. The highest BCUT2D eigenvalue weighted by Crippen LogP contribution is 2.17. The van der Waals surface area contributed by atoms with Gasteiger partial charge in [-0.05, 0) is 25.0 Å². The Kier molecular flexibility index (Phi) is 6.26. The third-order valence-corrected chi connectivity index (χ3v) is 2.63. The van der Waals surface area contributed by atoms with Crippen molar-refractivity contribution in [3.05, 3.63) is 23.9 Å². The van der Waals surface area contributed by atoms with Crippen LogP contribution in [0.4, 0.5) is 18.0 Å². The topological polar surface area (TPSA) is 63.2 Å². The van der Waals surface area contributed by atoms with Crippen molar-refractivity contribution in [3.63, 3.8) is 0 Å². The molecule has 2 N–H and O–H groups in total. The molecule has 5 nitrogen and oxygen atoms in total. The quantitative estimate of drug-likeness (QED) is 0.849. The van der Waals surface area contributed by atoms with E-state index in [0.717, 1.165) is 6.42 Å². The molecule has 0 spiro atoms. The highest BCUT2D eigenvalue weighted by Gasteiger charge is 2.28. The van der Waals surface area contributed by atoms with Gasteiger partial charge < -0.3 is 15.4 Å². The Morgan fingerprint density at radius 3 is 2.81 bits per heavy atom. The molecule has 8 heteroatoms. The van der Waals surface area contributed by atoms with Gasteiger partial charge in [-0.3, -0.25) is 0 Å². The van der Waals surface area contributed by atoms with E-state index in [1.54, 1.807) is 6.07 Å². The fourth-order valence-corrected chi connectivity index (χ4v) is 1.35. The number of nitrogens with zero attached hydrogens (tertiary/aromatic N) is 1. The first-order valence-electron chi connectivity index (χ1n) is 6.49. The number of ether oxygens (including phenoxy) is 1. The lowest BCUT2D eigenvalue weighted by molar-refractivity contribution is -0.154. The van der Waals surface area contributed by atoms with Crippen molar-refractivity contribution >= 4 is 6.03 Å². The molecule has 21 heavy (non-hydrogen) atoms. The van der Waals surface area contributed by atoms with Crippen molar-refractivity contribution in [2.24, 2.45) is 0 Å². The number of rotatable bonds is 6. The second-order valence-electron chi connectivity index (χ2n) is 4.54. The molecule has 1 heterocycles. The highest BCUT2D eigenvalue weighted by atomic mass is 19.4. The average Bonchev–Trinajstić information content (AvgIpc) is 2.42. The molecule has 0 saturated heterocycles. The summed E-state index contributed by atoms with van der Waals surface area (Å²) in [5.41, 5.74) is 0.599. The van der Waals surface area contributed by atoms with Crippen LogP contribution in [-0.4, -0.2) is 29.8 Å². The van der Waals surface area contributed by atoms with Crippen LogP contribution < -0.4 is 15.4 Å². The van der Waals surface area contributed by atoms with E-state index in [-0.39, 0.29) is 24.5 Å². The molecule has 0 radical (unpaired) electrons. The Labute approximate surface area is 120 Å². The minimum absolute atomic E-state index is 0.0492. The van der Waals surface area contributed by atoms with Crippen LogP contribution in [0.1, 0.15) is 25.8 Å². The maximum Gasteiger partial charge on any atom is 0.422 e. The van der Waals surface area contributed by atoms with Gasteiger partial charge in [-0.1, -0.05) is 6.92 Å². The van der Waals surface area contributed by atoms with Gasteiger partial charge in [0.2, 0.25) is 5.88 Å². The fourth-order valence-electron chi connectivity index (χ4n) is 1.35. The first kappa shape index (κ1) is 17.1. The van der Waals surface area contributed by atoms with Gasteiger partial charge in [0.25, 0.3) is 0 Å². The molecular weight excluding hydrogens is 287 g/mol. The molecule has 0 saturated carbocycles. The van der Waals surface area contributed by atoms with Crippen molar-refractivity contribution in [2.45, 2.75) is 39.0 Å². The Morgan fingerprint density at radius 1 is 1.48 bits per heavy atom. The molecule has 1 unspecified atom stereocenters. The van der Waals surface area contributed by atoms with Crippen LogP contribution in [0.2, 0.25) is 0 Å². The Balaban J connectivity index is 2.47. The zero-order valence-electron chi connectivity index (χ0n) is 11.8. The first-order chi connectivity index (χ1) is 9.80. The second kappa shape index (κ2) is 7.70. The SMILES string of the molecule is CCC(C)NC(=O)NCc1ccnc(OCC(F)(F)F)c1. The number of hydrogen-bond donors (Lipinski definition) is 2. The van der Waals surface area contributed by atoms with E-state index < -0.39 is 12.8 Å². The molecule has 0 bridgehead atoms. The molecule has 1 rings (SSSR count). The van der Waals surface area contributed by atoms with Gasteiger partial charge in [0, 0.05) is 24.8 Å². The van der Waals surface area contributed by atoms with Gasteiger partial charge >= 0.3 is 12.2 Å². The van der Waals surface area contributed by atoms with Gasteiger partial charge in [-0.25, -0.2) is 9.78 Å². The Bertz CT molecular complexity index is 466. The number of urea groups is 1. The molecule has 0 fully saturated rings. The van der Waals surface area contributed by atoms with Gasteiger partial charge in [-0.2, -0.15) is 13.2 Å². The number of aromatic nitrogens is 1. The lowest BCUT2D eigenvalue weighted by Crippen LogP contribution is -2.40. The van der Waals surface area contributed by atoms with E-state index in [1.165, 1.54) is 12.3 Å². The van der Waals surface area contributed by atoms with Gasteiger partial charge in [-0.15, -0.1) is 0 Å². The van der Waals surface area contributed by atoms with Crippen molar-refractivity contribution in [3.8, 4) is 5.88 Å². The first-order valence-corrected chi connectivity index (χ1v) is 6.49. The second-order valence-corrected chi connectivity index (χ2v) is 4.54. The van der Waals surface area contributed by atoms with Crippen molar-refractivity contribution in [1.29, 1.82) is 0 Å². The largest absolute Gasteiger partial charge is 0.468 e. The van der Waals surface area contributed by atoms with Crippen LogP contribution in [0.5, 0.6) is 5.88 Å². The standard InChI is InChI=1S/C13H18F3N3O2/c1-3-9(2)19-12(20)18-7-10-4-5-17-11(6-10)21-8-13(14,15)16/h4-6,9H,3,7-8H2,1-2H3,(H2,18,19,20). The number of nitrogens with one attached hydrogen (secondary N) is 2. The van der Waals surface area contributed by atoms with Crippen molar-refractivity contribution < 1.29 is 22.7 Å². The molecule has 1 aromatic rings. The summed E-state index contributed by atoms with van der Waals surface area (Å²) in [5.74, 6) is -0.131. The summed E-state index contributed by atoms with van der Waals surface area (Å²) in [6.07, 6.45) is -2.28. The van der Waals surface area contributed by atoms with Crippen molar-refractivity contribution in [1.82, 2.24) is 15.6 Å². The summed E-state index contributed by atoms with van der Waals surface area (Å²) >= 11 is 0. The number of halogens is 3. The molecule has 2 amide bonds. The van der Waals surface area contributed by atoms with E-state index >= 15 is 0 Å². The van der Waals surface area contributed by atoms with E-state index in [4.69, 9.17) is 0 Å². The number of carbonyl (C=O) groups excluding carboxylic acids is 1. The van der Waals surface area contributed by atoms with Crippen LogP contribution in [0.15, 0.2) is 18.3 Å². The maximum absolute atomic E-state index is 12.0. The fraction of sp³-hybridized carbons (Fsp3) is 0.538. The molecule has 0 aliphatic heterocycles. The molecule has 1 aromatic heterocycles. The van der Waals surface area contributed by atoms with Crippen LogP contribution in [0, 0.1) is 0 Å². The molecule has 0 aliphatic carbocycles. The summed E-state index contributed by atoms with van der Waals surface area (Å²) < 4.78 is 40.6. The predicted molar refractivity (Wildman–Crippen MR) is 70.9 cm³/mol. The summed E-state index contributed by atoms with van der Waals surface area (Å²) in [6, 6.07) is 2.66. The van der Waals surface area contributed by atoms with Gasteiger partial charge in [0.1, 0.15) is 0 Å². The molecule has 118 valence electrons. The number of hydrogen-bond acceptors (Lipinski definition) is 3. The summed E-state index contributed by atoms with van der Waals surface area (Å²) in [4.78, 5) is 15.2. The number of amides is 2. The van der Waals surface area contributed by atoms with Crippen LogP contribution in [0.25, 0.3) is 0 Å². The normalized spacial score (nSPS) is 12.6. The molecule has 0 aromatic carbocycles. The average molecular weight is 305 g/mol. The van der Waals surface area contributed by atoms with Crippen molar-refractivity contribution in [2.75, 3.05) is 6.61 Å². The van der Waals surface area contributed by atoms with Crippen LogP contribution in [0.3, 0.4) is 0 Å². The Morgan fingerprint density at radius 2 is 2.19 bits per heavy atom. The predicted octanol–water partition coefficient (Wildman–Crippen LogP) is 2.62. The monoisotopic (exact) mass is 305 g/mol. The lowest BCUT2D eigenvalue weighted by atomic mass is 10.2. The molecule has 1 atom stereocenters. The summed E-state index contributed by atoms with van der Waals surface area (Å²) in [7, 11) is 0. The third-order valence-electron chi connectivity index (χ3n) is 2.63. The third kappa shape index (κ3) is 7.38. The maximum atomic E-state index is 12.0. The lowest BCUT2D eigenvalue weighted by Gasteiger charge is -2.13. The van der Waals surface area contributed by atoms with Gasteiger partial charge in [0.15, 0.2) is 6.61 Å². The minimum Gasteiger partial charge on any atom is -0.468 e. The minimum atomic E-state index is -4.41. The molecular formula is C13H18F3N3O2. The van der Waals surface area contributed by atoms with Gasteiger partial charge in [0.05, 0.1) is 0 Å². The highest BCUT2D eigenvalue weighted by molar-refractivity contribution is 5.74. The van der Waals surface area contributed by atoms with E-state index in [0.29, 0.717) is 5.56 Å². The van der Waals surface area contributed by atoms with E-state index in [1.807, 2.05) is 13.8 Å². The zero-order chi connectivity index (χ0) is 15.9.